The molecule has 1 aliphatic carbocycles. The van der Waals surface area contributed by atoms with Crippen LogP contribution >= 0.6 is 12.4 Å². The second kappa shape index (κ2) is 5.38. The van der Waals surface area contributed by atoms with Crippen LogP contribution in [0.3, 0.4) is 0 Å². The van der Waals surface area contributed by atoms with E-state index >= 15 is 0 Å². The van der Waals surface area contributed by atoms with Crippen molar-refractivity contribution in [1.82, 2.24) is 5.32 Å². The number of carbonyl (C=O) groups is 1. The lowest BCUT2D eigenvalue weighted by molar-refractivity contribution is -0.125. The van der Waals surface area contributed by atoms with Crippen molar-refractivity contribution in [3.63, 3.8) is 0 Å². The minimum Gasteiger partial charge on any atom is -0.359 e. The van der Waals surface area contributed by atoms with Crippen LogP contribution in [0.1, 0.15) is 25.7 Å². The smallest absolute Gasteiger partial charge is 0.222 e. The highest BCUT2D eigenvalue weighted by Crippen LogP contribution is 2.22. The number of amides is 1. The highest BCUT2D eigenvalue weighted by Gasteiger charge is 2.23. The van der Waals surface area contributed by atoms with Crippen LogP contribution in [0.25, 0.3) is 0 Å². The number of hydrogen-bond donors (Lipinski definition) is 2. The van der Waals surface area contributed by atoms with Gasteiger partial charge in [-0.3, -0.25) is 4.79 Å². The lowest BCUT2D eigenvalue weighted by atomic mass is 9.86. The van der Waals surface area contributed by atoms with Crippen molar-refractivity contribution in [2.75, 3.05) is 7.05 Å². The van der Waals surface area contributed by atoms with Gasteiger partial charge in [-0.1, -0.05) is 6.42 Å². The lowest BCUT2D eigenvalue weighted by Gasteiger charge is -2.24. The molecule has 4 heteroatoms. The molecular weight excluding hydrogens is 176 g/mol. The van der Waals surface area contributed by atoms with Crippen LogP contribution in [0.15, 0.2) is 0 Å². The molecule has 3 nitrogen and oxygen atoms in total. The standard InChI is InChI=1S/C8H16N2O.ClH/c1-10-8(11)6-3-2-4-7(9)5-6;/h6-7H,2-5,9H2,1H3,(H,10,11);1H/t6-,7+;/m0./s1. The summed E-state index contributed by atoms with van der Waals surface area (Å²) in [7, 11) is 1.68. The molecule has 1 saturated carbocycles. The Morgan fingerprint density at radius 2 is 2.17 bits per heavy atom. The van der Waals surface area contributed by atoms with Crippen molar-refractivity contribution in [2.45, 2.75) is 31.7 Å². The first-order valence-electron chi connectivity index (χ1n) is 4.21. The fourth-order valence-corrected chi connectivity index (χ4v) is 1.67. The zero-order valence-corrected chi connectivity index (χ0v) is 8.19. The summed E-state index contributed by atoms with van der Waals surface area (Å²) in [6.07, 6.45) is 4.04. The molecule has 0 radical (unpaired) electrons. The van der Waals surface area contributed by atoms with Gasteiger partial charge in [-0.15, -0.1) is 12.4 Å². The topological polar surface area (TPSA) is 55.1 Å². The van der Waals surface area contributed by atoms with Gasteiger partial charge in [-0.05, 0) is 19.3 Å². The summed E-state index contributed by atoms with van der Waals surface area (Å²) in [5, 5.41) is 2.66. The molecule has 0 spiro atoms. The number of rotatable bonds is 1. The maximum atomic E-state index is 11.1. The molecule has 0 aliphatic heterocycles. The Morgan fingerprint density at radius 3 is 2.67 bits per heavy atom. The molecule has 0 saturated heterocycles. The van der Waals surface area contributed by atoms with Gasteiger partial charge in [-0.2, -0.15) is 0 Å². The van der Waals surface area contributed by atoms with E-state index in [4.69, 9.17) is 5.73 Å². The fraction of sp³-hybridized carbons (Fsp3) is 0.875. The van der Waals surface area contributed by atoms with E-state index in [2.05, 4.69) is 5.32 Å². The molecule has 0 aromatic heterocycles. The number of halogens is 1. The van der Waals surface area contributed by atoms with Gasteiger partial charge in [0, 0.05) is 19.0 Å². The van der Waals surface area contributed by atoms with Crippen LogP contribution in [0.2, 0.25) is 0 Å². The molecule has 0 heterocycles. The Balaban J connectivity index is 0.00000121. The average molecular weight is 193 g/mol. The molecule has 0 bridgehead atoms. The van der Waals surface area contributed by atoms with Gasteiger partial charge in [0.25, 0.3) is 0 Å². The van der Waals surface area contributed by atoms with Crippen LogP contribution in [0, 0.1) is 5.92 Å². The highest BCUT2D eigenvalue weighted by atomic mass is 35.5. The van der Waals surface area contributed by atoms with Gasteiger partial charge in [-0.25, -0.2) is 0 Å². The molecule has 1 amide bonds. The Labute approximate surface area is 79.5 Å². The Kier molecular flexibility index (Phi) is 5.25. The molecule has 0 aromatic rings. The normalized spacial score (nSPS) is 28.8. The maximum Gasteiger partial charge on any atom is 0.222 e. The first kappa shape index (κ1) is 11.7. The third-order valence-electron chi connectivity index (χ3n) is 2.33. The molecule has 0 unspecified atom stereocenters. The molecule has 72 valence electrons. The Hall–Kier alpha value is -0.280. The van der Waals surface area contributed by atoms with Crippen LogP contribution in [0.4, 0.5) is 0 Å². The van der Waals surface area contributed by atoms with Gasteiger partial charge in [0.1, 0.15) is 0 Å². The van der Waals surface area contributed by atoms with Gasteiger partial charge in [0.05, 0.1) is 0 Å². The molecule has 1 aliphatic rings. The van der Waals surface area contributed by atoms with E-state index in [1.54, 1.807) is 7.05 Å². The minimum absolute atomic E-state index is 0. The summed E-state index contributed by atoms with van der Waals surface area (Å²) in [5.41, 5.74) is 5.74. The summed E-state index contributed by atoms with van der Waals surface area (Å²) in [4.78, 5) is 11.1. The third-order valence-corrected chi connectivity index (χ3v) is 2.33. The number of carbonyl (C=O) groups excluding carboxylic acids is 1. The van der Waals surface area contributed by atoms with Gasteiger partial charge >= 0.3 is 0 Å². The fourth-order valence-electron chi connectivity index (χ4n) is 1.67. The van der Waals surface area contributed by atoms with E-state index < -0.39 is 0 Å². The van der Waals surface area contributed by atoms with Crippen molar-refractivity contribution in [3.8, 4) is 0 Å². The van der Waals surface area contributed by atoms with E-state index in [1.165, 1.54) is 0 Å². The van der Waals surface area contributed by atoms with Crippen molar-refractivity contribution >= 4 is 18.3 Å². The largest absolute Gasteiger partial charge is 0.359 e. The molecule has 1 rings (SSSR count). The molecule has 3 N–H and O–H groups in total. The first-order valence-corrected chi connectivity index (χ1v) is 4.21. The Morgan fingerprint density at radius 1 is 1.50 bits per heavy atom. The third kappa shape index (κ3) is 2.99. The summed E-state index contributed by atoms with van der Waals surface area (Å²) >= 11 is 0. The maximum absolute atomic E-state index is 11.1. The summed E-state index contributed by atoms with van der Waals surface area (Å²) in [6.45, 7) is 0. The van der Waals surface area contributed by atoms with E-state index in [0.29, 0.717) is 0 Å². The second-order valence-corrected chi connectivity index (χ2v) is 3.24. The molecule has 0 aromatic carbocycles. The van der Waals surface area contributed by atoms with Crippen LogP contribution in [-0.2, 0) is 4.79 Å². The van der Waals surface area contributed by atoms with E-state index in [-0.39, 0.29) is 30.3 Å². The first-order chi connectivity index (χ1) is 5.24. The summed E-state index contributed by atoms with van der Waals surface area (Å²) < 4.78 is 0. The quantitative estimate of drug-likeness (QED) is 0.642. The predicted octanol–water partition coefficient (Wildman–Crippen LogP) is 0.672. The lowest BCUT2D eigenvalue weighted by Crippen LogP contribution is -2.36. The summed E-state index contributed by atoms with van der Waals surface area (Å²) in [5.74, 6) is 0.323. The van der Waals surface area contributed by atoms with Crippen molar-refractivity contribution in [1.29, 1.82) is 0 Å². The minimum atomic E-state index is 0. The zero-order valence-electron chi connectivity index (χ0n) is 7.38. The molecule has 12 heavy (non-hydrogen) atoms. The molecular formula is C8H17ClN2O. The number of hydrogen-bond acceptors (Lipinski definition) is 2. The zero-order chi connectivity index (χ0) is 8.27. The van der Waals surface area contributed by atoms with Crippen LogP contribution < -0.4 is 11.1 Å². The summed E-state index contributed by atoms with van der Waals surface area (Å²) in [6, 6.07) is 0.242. The van der Waals surface area contributed by atoms with E-state index in [0.717, 1.165) is 25.7 Å². The SMILES string of the molecule is CNC(=O)[C@H]1CCC[C@@H](N)C1.Cl. The Bertz CT molecular complexity index is 152. The molecule has 2 atom stereocenters. The van der Waals surface area contributed by atoms with Crippen molar-refractivity contribution < 1.29 is 4.79 Å². The van der Waals surface area contributed by atoms with E-state index in [1.807, 2.05) is 0 Å². The van der Waals surface area contributed by atoms with Gasteiger partial charge in [0.15, 0.2) is 0 Å². The highest BCUT2D eigenvalue weighted by molar-refractivity contribution is 5.85. The number of nitrogens with one attached hydrogen (secondary N) is 1. The second-order valence-electron chi connectivity index (χ2n) is 3.24. The van der Waals surface area contributed by atoms with Crippen LogP contribution in [-0.4, -0.2) is 19.0 Å². The predicted molar refractivity (Wildman–Crippen MR) is 51.2 cm³/mol. The molecule has 1 fully saturated rings. The monoisotopic (exact) mass is 192 g/mol. The van der Waals surface area contributed by atoms with Gasteiger partial charge < -0.3 is 11.1 Å². The van der Waals surface area contributed by atoms with Crippen molar-refractivity contribution in [3.05, 3.63) is 0 Å². The average Bonchev–Trinajstić information content (AvgIpc) is 2.03. The van der Waals surface area contributed by atoms with Crippen LogP contribution in [0.5, 0.6) is 0 Å². The van der Waals surface area contributed by atoms with Gasteiger partial charge in [0.2, 0.25) is 5.91 Å². The van der Waals surface area contributed by atoms with E-state index in [9.17, 15) is 4.79 Å². The van der Waals surface area contributed by atoms with Crippen molar-refractivity contribution in [2.24, 2.45) is 11.7 Å². The number of nitrogens with two attached hydrogens (primary N) is 1.